The lowest BCUT2D eigenvalue weighted by Crippen LogP contribution is -2.26. The fraction of sp³-hybridized carbons (Fsp3) is 0.476. The van der Waals surface area contributed by atoms with Gasteiger partial charge in [0.1, 0.15) is 11.9 Å². The molecule has 0 spiro atoms. The van der Waals surface area contributed by atoms with Crippen LogP contribution in [0.25, 0.3) is 10.9 Å². The molecule has 3 rings (SSSR count). The fourth-order valence-corrected chi connectivity index (χ4v) is 3.06. The Bertz CT molecular complexity index is 996. The molecule has 3 aromatic rings. The maximum Gasteiger partial charge on any atom is 0.419 e. The summed E-state index contributed by atoms with van der Waals surface area (Å²) < 4.78 is 8.86. The molecule has 29 heavy (non-hydrogen) atoms. The third kappa shape index (κ3) is 5.35. The van der Waals surface area contributed by atoms with Crippen LogP contribution in [0.2, 0.25) is 0 Å². The van der Waals surface area contributed by atoms with Gasteiger partial charge in [-0.25, -0.2) is 9.78 Å². The standard InChI is InChI=1S/C21H30N6O2/c1-21(2,3)29-20(28)27-13-16(9-10-25(4)5)17-11-15(7-8-18(17)27)12-22-19-23-14-26(6)24-19/h7-8,11,13-14H,9-10,12H2,1-6H3,(H,22,24). The number of ether oxygens (including phenoxy) is 1. The Labute approximate surface area is 171 Å². The van der Waals surface area contributed by atoms with Crippen molar-refractivity contribution in [2.24, 2.45) is 7.05 Å². The molecule has 8 nitrogen and oxygen atoms in total. The number of benzene rings is 1. The molecule has 0 saturated carbocycles. The summed E-state index contributed by atoms with van der Waals surface area (Å²) in [6.45, 7) is 7.12. The van der Waals surface area contributed by atoms with Gasteiger partial charge in [-0.15, -0.1) is 5.10 Å². The van der Waals surface area contributed by atoms with Crippen molar-refractivity contribution in [3.63, 3.8) is 0 Å². The number of nitrogens with one attached hydrogen (secondary N) is 1. The van der Waals surface area contributed by atoms with Crippen molar-refractivity contribution in [2.75, 3.05) is 26.0 Å². The van der Waals surface area contributed by atoms with Gasteiger partial charge in [-0.3, -0.25) is 9.25 Å². The van der Waals surface area contributed by atoms with E-state index in [1.54, 1.807) is 15.6 Å². The smallest absolute Gasteiger partial charge is 0.419 e. The number of nitrogens with zero attached hydrogens (tertiary/aromatic N) is 5. The van der Waals surface area contributed by atoms with Crippen LogP contribution in [0.1, 0.15) is 31.9 Å². The molecule has 156 valence electrons. The maximum atomic E-state index is 12.7. The molecule has 2 aromatic heterocycles. The number of aromatic nitrogens is 4. The van der Waals surface area contributed by atoms with E-state index < -0.39 is 5.60 Å². The summed E-state index contributed by atoms with van der Waals surface area (Å²) in [4.78, 5) is 19.0. The molecule has 0 fully saturated rings. The van der Waals surface area contributed by atoms with E-state index in [1.165, 1.54) is 0 Å². The van der Waals surface area contributed by atoms with Crippen LogP contribution in [0.4, 0.5) is 10.7 Å². The lowest BCUT2D eigenvalue weighted by atomic mass is 10.1. The van der Waals surface area contributed by atoms with Crippen LogP contribution >= 0.6 is 0 Å². The maximum absolute atomic E-state index is 12.7. The number of hydrogen-bond donors (Lipinski definition) is 1. The topological polar surface area (TPSA) is 77.2 Å². The summed E-state index contributed by atoms with van der Waals surface area (Å²) in [5.74, 6) is 0.590. The Morgan fingerprint density at radius 2 is 2.03 bits per heavy atom. The van der Waals surface area contributed by atoms with E-state index in [4.69, 9.17) is 4.74 Å². The van der Waals surface area contributed by atoms with Crippen LogP contribution in [-0.2, 0) is 24.8 Å². The zero-order valence-corrected chi connectivity index (χ0v) is 18.1. The zero-order chi connectivity index (χ0) is 21.2. The zero-order valence-electron chi connectivity index (χ0n) is 18.1. The normalized spacial score (nSPS) is 12.0. The van der Waals surface area contributed by atoms with Crippen molar-refractivity contribution in [1.82, 2.24) is 24.2 Å². The Morgan fingerprint density at radius 3 is 2.66 bits per heavy atom. The molecule has 0 atom stereocenters. The molecule has 0 aliphatic heterocycles. The molecule has 0 bridgehead atoms. The molecule has 0 aliphatic rings. The highest BCUT2D eigenvalue weighted by molar-refractivity contribution is 5.92. The summed E-state index contributed by atoms with van der Waals surface area (Å²) in [5.41, 5.74) is 2.53. The number of likely N-dealkylation sites (N-methyl/N-ethyl adjacent to an activating group) is 1. The SMILES string of the molecule is CN(C)CCc1cn(C(=O)OC(C)(C)C)c2ccc(CNc3ncn(C)n3)cc12. The summed E-state index contributed by atoms with van der Waals surface area (Å²) in [7, 11) is 5.92. The van der Waals surface area contributed by atoms with Crippen molar-refractivity contribution in [1.29, 1.82) is 0 Å². The van der Waals surface area contributed by atoms with E-state index >= 15 is 0 Å². The average molecular weight is 399 g/mol. The van der Waals surface area contributed by atoms with Crippen molar-refractivity contribution in [3.05, 3.63) is 41.9 Å². The van der Waals surface area contributed by atoms with Crippen LogP contribution < -0.4 is 5.32 Å². The van der Waals surface area contributed by atoms with Crippen LogP contribution in [0.3, 0.4) is 0 Å². The van der Waals surface area contributed by atoms with Crippen molar-refractivity contribution >= 4 is 22.9 Å². The molecule has 0 amide bonds. The molecular formula is C21H30N6O2. The monoisotopic (exact) mass is 398 g/mol. The van der Waals surface area contributed by atoms with E-state index in [9.17, 15) is 4.79 Å². The van der Waals surface area contributed by atoms with Gasteiger partial charge < -0.3 is 15.0 Å². The highest BCUT2D eigenvalue weighted by Crippen LogP contribution is 2.25. The minimum absolute atomic E-state index is 0.359. The highest BCUT2D eigenvalue weighted by atomic mass is 16.6. The predicted octanol–water partition coefficient (Wildman–Crippen LogP) is 3.27. The predicted molar refractivity (Wildman–Crippen MR) is 114 cm³/mol. The second kappa shape index (κ2) is 8.24. The van der Waals surface area contributed by atoms with Crippen LogP contribution in [0.15, 0.2) is 30.7 Å². The summed E-state index contributed by atoms with van der Waals surface area (Å²) >= 11 is 0. The van der Waals surface area contributed by atoms with Crippen molar-refractivity contribution in [3.8, 4) is 0 Å². The quantitative estimate of drug-likeness (QED) is 0.687. The summed E-state index contributed by atoms with van der Waals surface area (Å²) in [6.07, 6.45) is 4.05. The first-order valence-corrected chi connectivity index (χ1v) is 9.73. The first-order valence-electron chi connectivity index (χ1n) is 9.73. The molecule has 0 unspecified atom stereocenters. The van der Waals surface area contributed by atoms with Gasteiger partial charge in [0, 0.05) is 31.7 Å². The van der Waals surface area contributed by atoms with Gasteiger partial charge in [-0.1, -0.05) is 6.07 Å². The highest BCUT2D eigenvalue weighted by Gasteiger charge is 2.21. The van der Waals surface area contributed by atoms with Gasteiger partial charge in [-0.05, 0) is 64.5 Å². The molecule has 0 aliphatic carbocycles. The Kier molecular flexibility index (Phi) is 5.93. The third-order valence-corrected chi connectivity index (χ3v) is 4.42. The molecule has 2 heterocycles. The second-order valence-corrected chi connectivity index (χ2v) is 8.50. The first-order chi connectivity index (χ1) is 13.6. The Morgan fingerprint density at radius 1 is 1.28 bits per heavy atom. The number of anilines is 1. The van der Waals surface area contributed by atoms with E-state index in [0.717, 1.165) is 35.0 Å². The van der Waals surface area contributed by atoms with Crippen LogP contribution in [0.5, 0.6) is 0 Å². The number of carbonyl (C=O) groups excluding carboxylic acids is 1. The number of fused-ring (bicyclic) bond motifs is 1. The van der Waals surface area contributed by atoms with E-state index in [1.807, 2.05) is 60.2 Å². The van der Waals surface area contributed by atoms with Gasteiger partial charge in [0.15, 0.2) is 0 Å². The van der Waals surface area contributed by atoms with E-state index in [-0.39, 0.29) is 6.09 Å². The fourth-order valence-electron chi connectivity index (χ4n) is 3.06. The molecule has 1 N–H and O–H groups in total. The minimum atomic E-state index is -0.545. The number of rotatable bonds is 6. The molecule has 8 heteroatoms. The molecule has 0 saturated heterocycles. The first kappa shape index (κ1) is 20.9. The average Bonchev–Trinajstić information content (AvgIpc) is 3.20. The summed E-state index contributed by atoms with van der Waals surface area (Å²) in [6, 6.07) is 6.10. The van der Waals surface area contributed by atoms with Crippen molar-refractivity contribution < 1.29 is 9.53 Å². The van der Waals surface area contributed by atoms with Gasteiger partial charge in [-0.2, -0.15) is 0 Å². The van der Waals surface area contributed by atoms with Crippen molar-refractivity contribution in [2.45, 2.75) is 39.3 Å². The van der Waals surface area contributed by atoms with E-state index in [0.29, 0.717) is 12.5 Å². The minimum Gasteiger partial charge on any atom is -0.443 e. The molecule has 0 radical (unpaired) electrons. The van der Waals surface area contributed by atoms with Gasteiger partial charge in [0.25, 0.3) is 0 Å². The number of aryl methyl sites for hydroxylation is 1. The van der Waals surface area contributed by atoms with Gasteiger partial charge in [0.2, 0.25) is 5.95 Å². The third-order valence-electron chi connectivity index (χ3n) is 4.42. The van der Waals surface area contributed by atoms with Gasteiger partial charge in [0.05, 0.1) is 5.52 Å². The van der Waals surface area contributed by atoms with Gasteiger partial charge >= 0.3 is 6.09 Å². The number of hydrogen-bond acceptors (Lipinski definition) is 6. The molecular weight excluding hydrogens is 368 g/mol. The lowest BCUT2D eigenvalue weighted by Gasteiger charge is -2.19. The largest absolute Gasteiger partial charge is 0.443 e. The Hall–Kier alpha value is -2.87. The Balaban J connectivity index is 1.90. The van der Waals surface area contributed by atoms with Crippen LogP contribution in [-0.4, -0.2) is 56.6 Å². The second-order valence-electron chi connectivity index (χ2n) is 8.50. The molecule has 1 aromatic carbocycles. The number of carbonyl (C=O) groups is 1. The lowest BCUT2D eigenvalue weighted by molar-refractivity contribution is 0.0544. The summed E-state index contributed by atoms with van der Waals surface area (Å²) in [5, 5.41) is 8.53. The van der Waals surface area contributed by atoms with E-state index in [2.05, 4.69) is 26.4 Å². The van der Waals surface area contributed by atoms with Crippen LogP contribution in [0, 0.1) is 0 Å².